The van der Waals surface area contributed by atoms with E-state index in [1.165, 1.54) is 0 Å². The second-order valence-electron chi connectivity index (χ2n) is 5.95. The van der Waals surface area contributed by atoms with Gasteiger partial charge >= 0.3 is 0 Å². The van der Waals surface area contributed by atoms with Crippen LogP contribution < -0.4 is 10.2 Å². The van der Waals surface area contributed by atoms with E-state index in [1.54, 1.807) is 6.26 Å². The van der Waals surface area contributed by atoms with E-state index in [2.05, 4.69) is 50.1 Å². The summed E-state index contributed by atoms with van der Waals surface area (Å²) < 4.78 is 5.48. The lowest BCUT2D eigenvalue weighted by Gasteiger charge is -2.19. The maximum Gasteiger partial charge on any atom is 0.297 e. The fraction of sp³-hybridized carbons (Fsp3) is 0.769. The van der Waals surface area contributed by atoms with Crippen molar-refractivity contribution in [1.82, 2.24) is 15.2 Å². The molecule has 0 atom stereocenters. The monoisotopic (exact) mass is 254 g/mol. The third-order valence-corrected chi connectivity index (χ3v) is 2.55. The number of aromatic nitrogens is 1. The normalized spacial score (nSPS) is 12.2. The molecule has 1 aromatic rings. The molecule has 1 N–H and O–H groups in total. The van der Waals surface area contributed by atoms with Crippen molar-refractivity contribution in [3.63, 3.8) is 0 Å². The highest BCUT2D eigenvalue weighted by atomic mass is 16.4. The van der Waals surface area contributed by atoms with Crippen molar-refractivity contribution in [3.8, 4) is 0 Å². The van der Waals surface area contributed by atoms with Crippen LogP contribution in [0.1, 0.15) is 26.5 Å². The number of hydrogen-bond donors (Lipinski definition) is 1. The molecule has 1 aromatic heterocycles. The molecule has 5 heteroatoms. The molecule has 1 heterocycles. The minimum Gasteiger partial charge on any atom is -0.432 e. The Morgan fingerprint density at radius 3 is 2.44 bits per heavy atom. The lowest BCUT2D eigenvalue weighted by Crippen LogP contribution is -2.35. The second kappa shape index (κ2) is 6.20. The van der Waals surface area contributed by atoms with Crippen LogP contribution in [0.5, 0.6) is 0 Å². The molecule has 0 aliphatic heterocycles. The molecule has 0 aromatic carbocycles. The molecule has 0 saturated heterocycles. The topological polar surface area (TPSA) is 44.5 Å². The van der Waals surface area contributed by atoms with Crippen LogP contribution in [0, 0.1) is 0 Å². The first-order valence-electron chi connectivity index (χ1n) is 6.33. The highest BCUT2D eigenvalue weighted by Gasteiger charge is 2.12. The van der Waals surface area contributed by atoms with Crippen molar-refractivity contribution in [3.05, 3.63) is 12.0 Å². The van der Waals surface area contributed by atoms with Crippen LogP contribution in [0.3, 0.4) is 0 Å². The van der Waals surface area contributed by atoms with Crippen LogP contribution in [0.2, 0.25) is 0 Å². The van der Waals surface area contributed by atoms with Crippen LogP contribution in [-0.2, 0) is 6.54 Å². The van der Waals surface area contributed by atoms with Crippen molar-refractivity contribution in [2.75, 3.05) is 39.1 Å². The molecule has 0 fully saturated rings. The molecule has 0 amide bonds. The Morgan fingerprint density at radius 2 is 1.89 bits per heavy atom. The molecule has 0 saturated carbocycles. The summed E-state index contributed by atoms with van der Waals surface area (Å²) >= 11 is 0. The molecule has 0 radical (unpaired) electrons. The standard InChI is InChI=1S/C13H26N4O/c1-13(2,3)14-9-11-10-18-12(15-11)17(6)8-7-16(4)5/h10,14H,7-9H2,1-6H3. The maximum atomic E-state index is 5.48. The lowest BCUT2D eigenvalue weighted by molar-refractivity contribution is 0.410. The first-order chi connectivity index (χ1) is 8.28. The number of oxazole rings is 1. The Morgan fingerprint density at radius 1 is 1.22 bits per heavy atom. The van der Waals surface area contributed by atoms with Gasteiger partial charge in [-0.05, 0) is 34.9 Å². The molecular weight excluding hydrogens is 228 g/mol. The molecule has 1 rings (SSSR count). The van der Waals surface area contributed by atoms with Crippen LogP contribution >= 0.6 is 0 Å². The van der Waals surface area contributed by atoms with Gasteiger partial charge < -0.3 is 19.5 Å². The fourth-order valence-electron chi connectivity index (χ4n) is 1.35. The lowest BCUT2D eigenvalue weighted by atomic mass is 10.1. The smallest absolute Gasteiger partial charge is 0.297 e. The SMILES string of the molecule is CN(C)CCN(C)c1nc(CNC(C)(C)C)co1. The van der Waals surface area contributed by atoms with Gasteiger partial charge in [0.05, 0.1) is 5.69 Å². The number of anilines is 1. The fourth-order valence-corrected chi connectivity index (χ4v) is 1.35. The second-order valence-corrected chi connectivity index (χ2v) is 5.95. The van der Waals surface area contributed by atoms with E-state index >= 15 is 0 Å². The largest absolute Gasteiger partial charge is 0.432 e. The zero-order valence-electron chi connectivity index (χ0n) is 12.4. The van der Waals surface area contributed by atoms with Gasteiger partial charge in [0.2, 0.25) is 0 Å². The number of nitrogens with one attached hydrogen (secondary N) is 1. The van der Waals surface area contributed by atoms with E-state index in [0.717, 1.165) is 25.3 Å². The number of rotatable bonds is 6. The summed E-state index contributed by atoms with van der Waals surface area (Å²) in [5.41, 5.74) is 1.03. The molecule has 0 bridgehead atoms. The Hall–Kier alpha value is -1.07. The molecule has 5 nitrogen and oxygen atoms in total. The summed E-state index contributed by atoms with van der Waals surface area (Å²) in [6.07, 6.45) is 1.72. The summed E-state index contributed by atoms with van der Waals surface area (Å²) in [6, 6.07) is 0.683. The van der Waals surface area contributed by atoms with Crippen LogP contribution in [0.15, 0.2) is 10.7 Å². The zero-order chi connectivity index (χ0) is 13.8. The molecule has 0 unspecified atom stereocenters. The average molecular weight is 254 g/mol. The molecule has 104 valence electrons. The highest BCUT2D eigenvalue weighted by Crippen LogP contribution is 2.12. The van der Waals surface area contributed by atoms with Gasteiger partial charge in [-0.25, -0.2) is 0 Å². The summed E-state index contributed by atoms with van der Waals surface area (Å²) in [7, 11) is 6.11. The maximum absolute atomic E-state index is 5.48. The quantitative estimate of drug-likeness (QED) is 0.834. The molecule has 18 heavy (non-hydrogen) atoms. The highest BCUT2D eigenvalue weighted by molar-refractivity contribution is 5.25. The Labute approximate surface area is 110 Å². The number of nitrogens with zero attached hydrogens (tertiary/aromatic N) is 3. The van der Waals surface area contributed by atoms with Crippen molar-refractivity contribution in [1.29, 1.82) is 0 Å². The van der Waals surface area contributed by atoms with Crippen molar-refractivity contribution in [2.24, 2.45) is 0 Å². The van der Waals surface area contributed by atoms with Gasteiger partial charge in [0.1, 0.15) is 6.26 Å². The predicted molar refractivity (Wildman–Crippen MR) is 74.9 cm³/mol. The Kier molecular flexibility index (Phi) is 5.16. The zero-order valence-corrected chi connectivity index (χ0v) is 12.4. The van der Waals surface area contributed by atoms with Crippen molar-refractivity contribution in [2.45, 2.75) is 32.9 Å². The van der Waals surface area contributed by atoms with Gasteiger partial charge in [-0.1, -0.05) is 0 Å². The van der Waals surface area contributed by atoms with E-state index in [-0.39, 0.29) is 5.54 Å². The first-order valence-corrected chi connectivity index (χ1v) is 6.33. The van der Waals surface area contributed by atoms with Crippen LogP contribution in [0.4, 0.5) is 6.01 Å². The van der Waals surface area contributed by atoms with E-state index in [0.29, 0.717) is 6.01 Å². The van der Waals surface area contributed by atoms with Gasteiger partial charge in [-0.2, -0.15) is 4.98 Å². The molecule has 0 aliphatic carbocycles. The van der Waals surface area contributed by atoms with Crippen molar-refractivity contribution < 1.29 is 4.42 Å². The predicted octanol–water partition coefficient (Wildman–Crippen LogP) is 1.56. The minimum absolute atomic E-state index is 0.0932. The number of hydrogen-bond acceptors (Lipinski definition) is 5. The molecular formula is C13H26N4O. The Balaban J connectivity index is 2.47. The average Bonchev–Trinajstić information content (AvgIpc) is 2.70. The van der Waals surface area contributed by atoms with Gasteiger partial charge in [-0.15, -0.1) is 0 Å². The van der Waals surface area contributed by atoms with E-state index < -0.39 is 0 Å². The third-order valence-electron chi connectivity index (χ3n) is 2.55. The summed E-state index contributed by atoms with van der Waals surface area (Å²) in [4.78, 5) is 8.64. The van der Waals surface area contributed by atoms with Crippen LogP contribution in [0.25, 0.3) is 0 Å². The summed E-state index contributed by atoms with van der Waals surface area (Å²) in [5.74, 6) is 0. The minimum atomic E-state index is 0.0932. The van der Waals surface area contributed by atoms with Gasteiger partial charge in [0.25, 0.3) is 6.01 Å². The third kappa shape index (κ3) is 5.51. The van der Waals surface area contributed by atoms with Gasteiger partial charge in [-0.3, -0.25) is 0 Å². The summed E-state index contributed by atoms with van der Waals surface area (Å²) in [6.45, 7) is 9.02. The summed E-state index contributed by atoms with van der Waals surface area (Å²) in [5, 5.41) is 3.39. The Bertz CT molecular complexity index is 354. The molecule has 0 spiro atoms. The molecule has 0 aliphatic rings. The van der Waals surface area contributed by atoms with Gasteiger partial charge in [0.15, 0.2) is 0 Å². The van der Waals surface area contributed by atoms with E-state index in [4.69, 9.17) is 4.42 Å². The van der Waals surface area contributed by atoms with Crippen LogP contribution in [-0.4, -0.2) is 49.7 Å². The van der Waals surface area contributed by atoms with E-state index in [9.17, 15) is 0 Å². The van der Waals surface area contributed by atoms with Gasteiger partial charge in [0, 0.05) is 32.2 Å². The van der Waals surface area contributed by atoms with Crippen molar-refractivity contribution >= 4 is 6.01 Å². The number of likely N-dealkylation sites (N-methyl/N-ethyl adjacent to an activating group) is 2. The van der Waals surface area contributed by atoms with E-state index in [1.807, 2.05) is 11.9 Å². The first kappa shape index (κ1) is 15.0.